The highest BCUT2D eigenvalue weighted by molar-refractivity contribution is 5.69. The van der Waals surface area contributed by atoms with Crippen LogP contribution >= 0.6 is 0 Å². The maximum atomic E-state index is 10.7. The van der Waals surface area contributed by atoms with Crippen LogP contribution in [0.15, 0.2) is 6.33 Å². The fourth-order valence-corrected chi connectivity index (χ4v) is 0.713. The minimum atomic E-state index is -0.972. The molecular weight excluding hydrogens is 162 g/mol. The van der Waals surface area contributed by atoms with Crippen LogP contribution in [0.3, 0.4) is 0 Å². The molecule has 1 aromatic heterocycles. The second-order valence-electron chi connectivity index (χ2n) is 2.17. The maximum absolute atomic E-state index is 10.7. The number of aliphatic hydroxyl groups excluding tert-OH is 1. The van der Waals surface area contributed by atoms with Gasteiger partial charge in [0.15, 0.2) is 5.82 Å². The number of aromatic nitrogens is 3. The largest absolute Gasteiger partial charge is 0.469 e. The first-order chi connectivity index (χ1) is 5.74. The molecule has 0 bridgehead atoms. The van der Waals surface area contributed by atoms with E-state index in [1.807, 2.05) is 0 Å². The van der Waals surface area contributed by atoms with Gasteiger partial charge >= 0.3 is 5.97 Å². The monoisotopic (exact) mass is 171 g/mol. The molecule has 0 spiro atoms. The van der Waals surface area contributed by atoms with Gasteiger partial charge < -0.3 is 9.84 Å². The molecule has 12 heavy (non-hydrogen) atoms. The van der Waals surface area contributed by atoms with Crippen molar-refractivity contribution in [2.75, 3.05) is 7.11 Å². The van der Waals surface area contributed by atoms with Gasteiger partial charge in [-0.25, -0.2) is 4.98 Å². The number of aromatic amines is 1. The van der Waals surface area contributed by atoms with Crippen molar-refractivity contribution >= 4 is 5.97 Å². The van der Waals surface area contributed by atoms with Gasteiger partial charge in [-0.1, -0.05) is 0 Å². The van der Waals surface area contributed by atoms with E-state index in [1.165, 1.54) is 13.4 Å². The standard InChI is InChI=1S/C6H9N3O3/c1-12-5(11)2-4(10)6-7-3-8-9-6/h3-4,10H,2H2,1H3,(H,7,8,9)/t4-/m1/s1. The Balaban J connectivity index is 2.49. The Hall–Kier alpha value is -1.43. The SMILES string of the molecule is COC(=O)C[C@@H](O)c1ncn[nH]1. The van der Waals surface area contributed by atoms with Crippen LogP contribution in [0.5, 0.6) is 0 Å². The molecule has 0 amide bonds. The summed E-state index contributed by atoms with van der Waals surface area (Å²) < 4.78 is 4.36. The first kappa shape index (κ1) is 8.66. The van der Waals surface area contributed by atoms with Gasteiger partial charge in [0.1, 0.15) is 12.4 Å². The van der Waals surface area contributed by atoms with E-state index in [-0.39, 0.29) is 12.2 Å². The zero-order valence-electron chi connectivity index (χ0n) is 6.52. The number of carbonyl (C=O) groups is 1. The summed E-state index contributed by atoms with van der Waals surface area (Å²) in [6.45, 7) is 0. The van der Waals surface area contributed by atoms with Gasteiger partial charge in [-0.15, -0.1) is 0 Å². The number of nitrogens with one attached hydrogen (secondary N) is 1. The van der Waals surface area contributed by atoms with E-state index in [0.717, 1.165) is 0 Å². The van der Waals surface area contributed by atoms with Crippen LogP contribution in [0.4, 0.5) is 0 Å². The topological polar surface area (TPSA) is 88.1 Å². The molecule has 1 atom stereocenters. The minimum absolute atomic E-state index is 0.119. The zero-order chi connectivity index (χ0) is 8.97. The van der Waals surface area contributed by atoms with Crippen LogP contribution in [-0.4, -0.2) is 33.4 Å². The van der Waals surface area contributed by atoms with E-state index in [4.69, 9.17) is 0 Å². The smallest absolute Gasteiger partial charge is 0.308 e. The quantitative estimate of drug-likeness (QED) is 0.593. The lowest BCUT2D eigenvalue weighted by Crippen LogP contribution is -2.09. The summed E-state index contributed by atoms with van der Waals surface area (Å²) in [5, 5.41) is 15.3. The molecule has 0 aliphatic heterocycles. The Kier molecular flexibility index (Phi) is 2.76. The molecule has 0 aliphatic rings. The van der Waals surface area contributed by atoms with Crippen LogP contribution in [0.1, 0.15) is 18.3 Å². The third kappa shape index (κ3) is 2.03. The van der Waals surface area contributed by atoms with Crippen LogP contribution < -0.4 is 0 Å². The molecule has 2 N–H and O–H groups in total. The van der Waals surface area contributed by atoms with Crippen molar-refractivity contribution in [2.24, 2.45) is 0 Å². The number of carbonyl (C=O) groups excluding carboxylic acids is 1. The number of H-pyrrole nitrogens is 1. The average molecular weight is 171 g/mol. The Labute approximate surface area is 68.6 Å². The van der Waals surface area contributed by atoms with Gasteiger partial charge in [0.25, 0.3) is 0 Å². The van der Waals surface area contributed by atoms with Gasteiger partial charge in [0, 0.05) is 0 Å². The fraction of sp³-hybridized carbons (Fsp3) is 0.500. The molecule has 0 unspecified atom stereocenters. The fourth-order valence-electron chi connectivity index (χ4n) is 0.713. The number of ether oxygens (including phenoxy) is 1. The second-order valence-corrected chi connectivity index (χ2v) is 2.17. The Morgan fingerprint density at radius 3 is 3.17 bits per heavy atom. The van der Waals surface area contributed by atoms with Crippen LogP contribution in [0.25, 0.3) is 0 Å². The normalized spacial score (nSPS) is 12.5. The van der Waals surface area contributed by atoms with E-state index in [2.05, 4.69) is 19.9 Å². The Morgan fingerprint density at radius 1 is 1.92 bits per heavy atom. The van der Waals surface area contributed by atoms with Gasteiger partial charge in [0.05, 0.1) is 13.5 Å². The molecule has 6 nitrogen and oxygen atoms in total. The molecule has 0 fully saturated rings. The summed E-state index contributed by atoms with van der Waals surface area (Å²) in [6, 6.07) is 0. The molecule has 66 valence electrons. The number of rotatable bonds is 3. The summed E-state index contributed by atoms with van der Waals surface area (Å²) in [4.78, 5) is 14.4. The van der Waals surface area contributed by atoms with Crippen molar-refractivity contribution < 1.29 is 14.6 Å². The van der Waals surface area contributed by atoms with Crippen molar-refractivity contribution in [1.29, 1.82) is 0 Å². The summed E-state index contributed by atoms with van der Waals surface area (Å²) in [7, 11) is 1.26. The van der Waals surface area contributed by atoms with E-state index in [1.54, 1.807) is 0 Å². The van der Waals surface area contributed by atoms with Crippen molar-refractivity contribution in [2.45, 2.75) is 12.5 Å². The number of methoxy groups -OCH3 is 1. The molecule has 1 heterocycles. The molecule has 0 radical (unpaired) electrons. The van der Waals surface area contributed by atoms with Crippen LogP contribution in [-0.2, 0) is 9.53 Å². The highest BCUT2D eigenvalue weighted by Gasteiger charge is 2.15. The predicted octanol–water partition coefficient (Wildman–Crippen LogP) is -0.599. The van der Waals surface area contributed by atoms with Gasteiger partial charge in [-0.05, 0) is 0 Å². The van der Waals surface area contributed by atoms with Gasteiger partial charge in [-0.2, -0.15) is 5.10 Å². The molecule has 0 saturated heterocycles. The molecular formula is C6H9N3O3. The van der Waals surface area contributed by atoms with Crippen molar-refractivity contribution in [3.05, 3.63) is 12.2 Å². The first-order valence-corrected chi connectivity index (χ1v) is 3.34. The summed E-state index contributed by atoms with van der Waals surface area (Å²) in [5.41, 5.74) is 0. The van der Waals surface area contributed by atoms with Gasteiger partial charge in [0.2, 0.25) is 0 Å². The molecule has 1 rings (SSSR count). The lowest BCUT2D eigenvalue weighted by molar-refractivity contribution is -0.143. The minimum Gasteiger partial charge on any atom is -0.469 e. The summed E-state index contributed by atoms with van der Waals surface area (Å²) in [6.07, 6.45) is 0.168. The van der Waals surface area contributed by atoms with Crippen LogP contribution in [0.2, 0.25) is 0 Å². The number of esters is 1. The van der Waals surface area contributed by atoms with Crippen molar-refractivity contribution in [1.82, 2.24) is 15.2 Å². The lowest BCUT2D eigenvalue weighted by Gasteiger charge is -2.03. The average Bonchev–Trinajstić information content (AvgIpc) is 2.56. The third-order valence-electron chi connectivity index (χ3n) is 1.34. The van der Waals surface area contributed by atoms with E-state index >= 15 is 0 Å². The highest BCUT2D eigenvalue weighted by atomic mass is 16.5. The first-order valence-electron chi connectivity index (χ1n) is 3.34. The molecule has 0 aromatic carbocycles. The zero-order valence-corrected chi connectivity index (χ0v) is 6.52. The molecule has 0 saturated carbocycles. The predicted molar refractivity (Wildman–Crippen MR) is 38.0 cm³/mol. The number of hydrogen-bond donors (Lipinski definition) is 2. The van der Waals surface area contributed by atoms with Crippen molar-refractivity contribution in [3.63, 3.8) is 0 Å². The summed E-state index contributed by atoms with van der Waals surface area (Å²) >= 11 is 0. The van der Waals surface area contributed by atoms with Crippen LogP contribution in [0, 0.1) is 0 Å². The lowest BCUT2D eigenvalue weighted by atomic mass is 10.2. The summed E-state index contributed by atoms with van der Waals surface area (Å²) in [5.74, 6) is -0.223. The molecule has 6 heteroatoms. The Morgan fingerprint density at radius 2 is 2.67 bits per heavy atom. The molecule has 0 aliphatic carbocycles. The van der Waals surface area contributed by atoms with Gasteiger partial charge in [-0.3, -0.25) is 9.89 Å². The highest BCUT2D eigenvalue weighted by Crippen LogP contribution is 2.10. The number of aliphatic hydroxyl groups is 1. The number of nitrogens with zero attached hydrogens (tertiary/aromatic N) is 2. The second kappa shape index (κ2) is 3.82. The Bertz CT molecular complexity index is 247. The third-order valence-corrected chi connectivity index (χ3v) is 1.34. The number of hydrogen-bond acceptors (Lipinski definition) is 5. The van der Waals surface area contributed by atoms with Crippen molar-refractivity contribution in [3.8, 4) is 0 Å². The van der Waals surface area contributed by atoms with E-state index in [9.17, 15) is 9.90 Å². The van der Waals surface area contributed by atoms with E-state index < -0.39 is 12.1 Å². The molecule has 1 aromatic rings. The van der Waals surface area contributed by atoms with E-state index in [0.29, 0.717) is 0 Å². The maximum Gasteiger partial charge on any atom is 0.308 e.